The van der Waals surface area contributed by atoms with Gasteiger partial charge in [0, 0.05) is 29.6 Å². The van der Waals surface area contributed by atoms with Gasteiger partial charge in [0.2, 0.25) is 0 Å². The van der Waals surface area contributed by atoms with Crippen molar-refractivity contribution in [1.29, 1.82) is 0 Å². The number of hydrogen-bond acceptors (Lipinski definition) is 3. The van der Waals surface area contributed by atoms with Crippen LogP contribution in [-0.4, -0.2) is 53.3 Å². The summed E-state index contributed by atoms with van der Waals surface area (Å²) in [5.74, 6) is 0.397. The molecule has 1 aliphatic carbocycles. The molecule has 5 heteroatoms. The number of rotatable bonds is 5. The number of amides is 1. The predicted octanol–water partition coefficient (Wildman–Crippen LogP) is 4.98. The van der Waals surface area contributed by atoms with Crippen LogP contribution in [0.25, 0.3) is 10.9 Å². The van der Waals surface area contributed by atoms with E-state index in [0.717, 1.165) is 30.2 Å². The van der Waals surface area contributed by atoms with E-state index >= 15 is 0 Å². The lowest BCUT2D eigenvalue weighted by molar-refractivity contribution is -0.0133. The van der Waals surface area contributed by atoms with Gasteiger partial charge in [-0.15, -0.1) is 0 Å². The Morgan fingerprint density at radius 1 is 1.25 bits per heavy atom. The average molecular weight is 430 g/mol. The topological polar surface area (TPSA) is 57.7 Å². The van der Waals surface area contributed by atoms with Crippen LogP contribution in [0.1, 0.15) is 54.2 Å². The van der Waals surface area contributed by atoms with E-state index in [1.54, 1.807) is 0 Å². The molecule has 3 aromatic rings. The smallest absolute Gasteiger partial charge is 0.270 e. The van der Waals surface area contributed by atoms with E-state index in [9.17, 15) is 4.79 Å². The summed E-state index contributed by atoms with van der Waals surface area (Å²) in [6, 6.07) is 18.6. The lowest BCUT2D eigenvalue weighted by atomic mass is 9.91. The van der Waals surface area contributed by atoms with Gasteiger partial charge < -0.3 is 14.6 Å². The molecule has 1 N–H and O–H groups in total. The number of H-pyrrole nitrogens is 1. The standard InChI is InChI=1S/C27H31N3O2/c1-3-30(26(31)25-14-20-9-5-7-11-24(20)29-25)22-15-27(2,18-32-17-22)28-16-21-13-12-19-8-4-6-10-23(19)21/h4-11,14,16,21-22,29H,3,12-13,15,17-18H2,1-2H3/b28-16+/t21?,22-,27?/m1/s1. The molecule has 1 saturated heterocycles. The van der Waals surface area contributed by atoms with Crippen molar-refractivity contribution in [2.24, 2.45) is 4.99 Å². The van der Waals surface area contributed by atoms with E-state index in [4.69, 9.17) is 9.73 Å². The fourth-order valence-corrected chi connectivity index (χ4v) is 5.26. The summed E-state index contributed by atoms with van der Waals surface area (Å²) >= 11 is 0. The van der Waals surface area contributed by atoms with Crippen molar-refractivity contribution in [3.05, 3.63) is 71.4 Å². The number of carbonyl (C=O) groups excluding carboxylic acids is 1. The Morgan fingerprint density at radius 3 is 2.91 bits per heavy atom. The number of hydrogen-bond donors (Lipinski definition) is 1. The molecule has 2 unspecified atom stereocenters. The second kappa shape index (κ2) is 8.55. The first kappa shape index (κ1) is 21.0. The molecule has 32 heavy (non-hydrogen) atoms. The lowest BCUT2D eigenvalue weighted by Crippen LogP contribution is -2.51. The van der Waals surface area contributed by atoms with Crippen LogP contribution >= 0.6 is 0 Å². The Morgan fingerprint density at radius 2 is 2.06 bits per heavy atom. The fraction of sp³-hybridized carbons (Fsp3) is 0.407. The normalized spacial score (nSPS) is 25.3. The summed E-state index contributed by atoms with van der Waals surface area (Å²) in [6.07, 6.45) is 5.17. The Bertz CT molecular complexity index is 1120. The molecular formula is C27H31N3O2. The van der Waals surface area contributed by atoms with Gasteiger partial charge in [0.1, 0.15) is 5.69 Å². The van der Waals surface area contributed by atoms with Crippen LogP contribution in [0.4, 0.5) is 0 Å². The molecule has 1 amide bonds. The quantitative estimate of drug-likeness (QED) is 0.582. The van der Waals surface area contributed by atoms with Crippen molar-refractivity contribution in [3.63, 3.8) is 0 Å². The maximum atomic E-state index is 13.4. The second-order valence-corrected chi connectivity index (χ2v) is 9.35. The molecule has 0 radical (unpaired) electrons. The van der Waals surface area contributed by atoms with Crippen molar-refractivity contribution >= 4 is 23.0 Å². The summed E-state index contributed by atoms with van der Waals surface area (Å²) in [5, 5.41) is 1.05. The van der Waals surface area contributed by atoms with E-state index in [2.05, 4.69) is 42.4 Å². The van der Waals surface area contributed by atoms with Gasteiger partial charge in [-0.05, 0) is 56.4 Å². The van der Waals surface area contributed by atoms with E-state index in [0.29, 0.717) is 31.4 Å². The number of ether oxygens (including phenoxy) is 1. The number of nitrogens with one attached hydrogen (secondary N) is 1. The highest BCUT2D eigenvalue weighted by atomic mass is 16.5. The number of aliphatic imine (C=N–C) groups is 1. The number of para-hydroxylation sites is 1. The van der Waals surface area contributed by atoms with Gasteiger partial charge >= 0.3 is 0 Å². The molecule has 3 atom stereocenters. The molecule has 2 aliphatic rings. The molecular weight excluding hydrogens is 398 g/mol. The number of benzene rings is 2. The minimum absolute atomic E-state index is 0.00526. The number of nitrogens with zero attached hydrogens (tertiary/aromatic N) is 2. The monoisotopic (exact) mass is 429 g/mol. The number of aromatic nitrogens is 1. The van der Waals surface area contributed by atoms with E-state index in [-0.39, 0.29) is 17.5 Å². The summed E-state index contributed by atoms with van der Waals surface area (Å²) in [7, 11) is 0. The molecule has 0 spiro atoms. The predicted molar refractivity (Wildman–Crippen MR) is 129 cm³/mol. The average Bonchev–Trinajstić information content (AvgIpc) is 3.42. The number of aryl methyl sites for hydroxylation is 1. The van der Waals surface area contributed by atoms with E-state index in [1.807, 2.05) is 42.2 Å². The third-order valence-corrected chi connectivity index (χ3v) is 6.95. The highest BCUT2D eigenvalue weighted by Gasteiger charge is 2.37. The largest absolute Gasteiger partial charge is 0.377 e. The van der Waals surface area contributed by atoms with Gasteiger partial charge in [-0.1, -0.05) is 42.5 Å². The molecule has 2 aromatic carbocycles. The van der Waals surface area contributed by atoms with Crippen LogP contribution < -0.4 is 0 Å². The molecule has 0 bridgehead atoms. The summed E-state index contributed by atoms with van der Waals surface area (Å²) in [5.41, 5.74) is 4.13. The number of carbonyl (C=O) groups is 1. The van der Waals surface area contributed by atoms with Crippen LogP contribution in [-0.2, 0) is 11.2 Å². The van der Waals surface area contributed by atoms with E-state index < -0.39 is 0 Å². The molecule has 5 rings (SSSR count). The fourth-order valence-electron chi connectivity index (χ4n) is 5.26. The van der Waals surface area contributed by atoms with Gasteiger partial charge in [-0.3, -0.25) is 9.79 Å². The number of aromatic amines is 1. The highest BCUT2D eigenvalue weighted by molar-refractivity contribution is 5.98. The highest BCUT2D eigenvalue weighted by Crippen LogP contribution is 2.33. The maximum Gasteiger partial charge on any atom is 0.270 e. The van der Waals surface area contributed by atoms with Crippen LogP contribution in [0.3, 0.4) is 0 Å². The molecule has 0 saturated carbocycles. The summed E-state index contributed by atoms with van der Waals surface area (Å²) in [4.78, 5) is 23.6. The zero-order chi connectivity index (χ0) is 22.1. The molecule has 2 heterocycles. The lowest BCUT2D eigenvalue weighted by Gasteiger charge is -2.40. The van der Waals surface area contributed by atoms with Crippen LogP contribution in [0, 0.1) is 0 Å². The Labute approximate surface area is 189 Å². The van der Waals surface area contributed by atoms with Crippen molar-refractivity contribution in [1.82, 2.24) is 9.88 Å². The molecule has 166 valence electrons. The first-order chi connectivity index (χ1) is 15.6. The maximum absolute atomic E-state index is 13.4. The van der Waals surface area contributed by atoms with Crippen molar-refractivity contribution in [3.8, 4) is 0 Å². The third-order valence-electron chi connectivity index (χ3n) is 6.95. The molecule has 5 nitrogen and oxygen atoms in total. The number of likely N-dealkylation sites (N-methyl/N-ethyl adjacent to an activating group) is 1. The van der Waals surface area contributed by atoms with Gasteiger partial charge in [0.05, 0.1) is 24.8 Å². The van der Waals surface area contributed by atoms with Crippen LogP contribution in [0.5, 0.6) is 0 Å². The Hall–Kier alpha value is -2.92. The minimum atomic E-state index is -0.325. The first-order valence-corrected chi connectivity index (χ1v) is 11.7. The zero-order valence-electron chi connectivity index (χ0n) is 18.9. The van der Waals surface area contributed by atoms with Crippen molar-refractivity contribution in [2.75, 3.05) is 19.8 Å². The Kier molecular flexibility index (Phi) is 5.60. The second-order valence-electron chi connectivity index (χ2n) is 9.35. The van der Waals surface area contributed by atoms with Gasteiger partial charge in [-0.2, -0.15) is 0 Å². The first-order valence-electron chi connectivity index (χ1n) is 11.7. The van der Waals surface area contributed by atoms with Gasteiger partial charge in [-0.25, -0.2) is 0 Å². The van der Waals surface area contributed by atoms with Crippen LogP contribution in [0.2, 0.25) is 0 Å². The van der Waals surface area contributed by atoms with Crippen LogP contribution in [0.15, 0.2) is 59.6 Å². The molecule has 1 aromatic heterocycles. The van der Waals surface area contributed by atoms with Crippen molar-refractivity contribution < 1.29 is 9.53 Å². The summed E-state index contributed by atoms with van der Waals surface area (Å²) < 4.78 is 5.99. The molecule has 1 aliphatic heterocycles. The number of fused-ring (bicyclic) bond motifs is 2. The van der Waals surface area contributed by atoms with E-state index in [1.165, 1.54) is 11.1 Å². The zero-order valence-corrected chi connectivity index (χ0v) is 18.9. The third kappa shape index (κ3) is 3.97. The van der Waals surface area contributed by atoms with Crippen molar-refractivity contribution in [2.45, 2.75) is 50.6 Å². The SMILES string of the molecule is CCN(C(=O)c1cc2ccccc2[nH]1)[C@H]1COCC(C)(/N=C/C2CCc3ccccc32)C1. The Balaban J connectivity index is 1.32. The molecule has 1 fully saturated rings. The summed E-state index contributed by atoms with van der Waals surface area (Å²) in [6.45, 7) is 5.96. The van der Waals surface area contributed by atoms with Gasteiger partial charge in [0.25, 0.3) is 5.91 Å². The minimum Gasteiger partial charge on any atom is -0.377 e. The van der Waals surface area contributed by atoms with Gasteiger partial charge in [0.15, 0.2) is 0 Å².